The summed E-state index contributed by atoms with van der Waals surface area (Å²) in [6.45, 7) is 9.71. The number of amides is 1. The van der Waals surface area contributed by atoms with Gasteiger partial charge in [-0.1, -0.05) is 23.7 Å². The summed E-state index contributed by atoms with van der Waals surface area (Å²) in [5, 5.41) is -0.233. The van der Waals surface area contributed by atoms with Gasteiger partial charge < -0.3 is 9.47 Å². The Bertz CT molecular complexity index is 1010. The molecule has 2 rings (SSSR count). The lowest BCUT2D eigenvalue weighted by molar-refractivity contribution is -0.149. The third-order valence-corrected chi connectivity index (χ3v) is 7.55. The van der Waals surface area contributed by atoms with E-state index in [1.807, 2.05) is 0 Å². The van der Waals surface area contributed by atoms with Crippen LogP contribution >= 0.6 is 11.6 Å². The molecule has 0 spiro atoms. The van der Waals surface area contributed by atoms with Gasteiger partial charge in [0.15, 0.2) is 0 Å². The maximum Gasteiger partial charge on any atom is 0.410 e. The molecule has 1 amide bonds. The van der Waals surface area contributed by atoms with Crippen molar-refractivity contribution in [3.05, 3.63) is 34.6 Å². The van der Waals surface area contributed by atoms with Gasteiger partial charge in [0.25, 0.3) is 5.92 Å². The highest BCUT2D eigenvalue weighted by Crippen LogP contribution is 2.47. The van der Waals surface area contributed by atoms with Crippen molar-refractivity contribution in [2.75, 3.05) is 13.2 Å². The van der Waals surface area contributed by atoms with Crippen LogP contribution in [0.25, 0.3) is 0 Å². The van der Waals surface area contributed by atoms with Gasteiger partial charge in [-0.05, 0) is 66.5 Å². The normalized spacial score (nSPS) is 22.9. The molecule has 1 fully saturated rings. The lowest BCUT2D eigenvalue weighted by atomic mass is 9.81. The summed E-state index contributed by atoms with van der Waals surface area (Å²) in [4.78, 5) is 26.5. The number of halogens is 4. The minimum atomic E-state index is -3.78. The molecule has 1 aromatic carbocycles. The summed E-state index contributed by atoms with van der Waals surface area (Å²) in [7, 11) is -2.11. The molecule has 0 aromatic heterocycles. The summed E-state index contributed by atoms with van der Waals surface area (Å²) in [5.74, 6) is -5.62. The SMILES string of the molecule is CCOC(=O)CC1(NS(=O)C(C)(C)C)C(Cc2cccc(Cl)c2F)N(C(=O)OC(C)(C)C)CC1(F)F. The lowest BCUT2D eigenvalue weighted by Crippen LogP contribution is -2.66. The van der Waals surface area contributed by atoms with Gasteiger partial charge in [-0.25, -0.2) is 26.9 Å². The van der Waals surface area contributed by atoms with E-state index in [0.29, 0.717) is 0 Å². The predicted octanol–water partition coefficient (Wildman–Crippen LogP) is 5.02. The number of hydrogen-bond acceptors (Lipinski definition) is 5. The van der Waals surface area contributed by atoms with Gasteiger partial charge >= 0.3 is 12.1 Å². The van der Waals surface area contributed by atoms with E-state index in [1.54, 1.807) is 41.5 Å². The molecule has 1 aromatic rings. The summed E-state index contributed by atoms with van der Waals surface area (Å²) in [5.41, 5.74) is -3.65. The van der Waals surface area contributed by atoms with E-state index in [9.17, 15) is 18.2 Å². The van der Waals surface area contributed by atoms with Crippen molar-refractivity contribution in [1.82, 2.24) is 9.62 Å². The van der Waals surface area contributed by atoms with Crippen LogP contribution < -0.4 is 4.72 Å². The number of ether oxygens (including phenoxy) is 2. The zero-order valence-electron chi connectivity index (χ0n) is 21.5. The number of esters is 1. The van der Waals surface area contributed by atoms with Gasteiger partial charge in [-0.2, -0.15) is 0 Å². The molecule has 12 heteroatoms. The molecule has 1 aliphatic rings. The second kappa shape index (κ2) is 10.9. The lowest BCUT2D eigenvalue weighted by Gasteiger charge is -2.41. The van der Waals surface area contributed by atoms with Gasteiger partial charge in [0.1, 0.15) is 17.0 Å². The Kier molecular flexibility index (Phi) is 9.17. The first kappa shape index (κ1) is 30.4. The first-order chi connectivity index (χ1) is 16.3. The number of likely N-dealkylation sites (tertiary alicyclic amines) is 1. The average Bonchev–Trinajstić information content (AvgIpc) is 2.91. The zero-order valence-corrected chi connectivity index (χ0v) is 23.1. The quantitative estimate of drug-likeness (QED) is 0.478. The monoisotopic (exact) mass is 554 g/mol. The average molecular weight is 555 g/mol. The number of nitrogens with one attached hydrogen (secondary N) is 1. The van der Waals surface area contributed by atoms with Crippen LogP contribution in [0.1, 0.15) is 60.5 Å². The van der Waals surface area contributed by atoms with Gasteiger partial charge in [0.05, 0.1) is 46.4 Å². The number of nitrogens with zero attached hydrogens (tertiary/aromatic N) is 1. The van der Waals surface area contributed by atoms with Crippen molar-refractivity contribution >= 4 is 34.6 Å². The Balaban J connectivity index is 2.74. The third kappa shape index (κ3) is 6.72. The van der Waals surface area contributed by atoms with Crippen LogP contribution in [0.15, 0.2) is 18.2 Å². The molecule has 0 aliphatic carbocycles. The number of carbonyl (C=O) groups excluding carboxylic acids is 2. The number of benzene rings is 1. The number of alkyl halides is 2. The first-order valence-electron chi connectivity index (χ1n) is 11.5. The molecule has 3 unspecified atom stereocenters. The Hall–Kier alpha value is -1.85. The predicted molar refractivity (Wildman–Crippen MR) is 132 cm³/mol. The summed E-state index contributed by atoms with van der Waals surface area (Å²) < 4.78 is 71.9. The van der Waals surface area contributed by atoms with Crippen molar-refractivity contribution in [1.29, 1.82) is 0 Å². The van der Waals surface area contributed by atoms with E-state index >= 15 is 8.78 Å². The van der Waals surface area contributed by atoms with Crippen LogP contribution in [0.2, 0.25) is 5.02 Å². The van der Waals surface area contributed by atoms with Crippen LogP contribution in [-0.2, 0) is 31.7 Å². The fraction of sp³-hybridized carbons (Fsp3) is 0.667. The molecule has 0 bridgehead atoms. The molecule has 1 saturated heterocycles. The summed E-state index contributed by atoms with van der Waals surface area (Å²) >= 11 is 5.92. The summed E-state index contributed by atoms with van der Waals surface area (Å²) in [6, 6.07) is 2.54. The van der Waals surface area contributed by atoms with Crippen LogP contribution in [0, 0.1) is 5.82 Å². The minimum absolute atomic E-state index is 0.0599. The molecule has 1 N–H and O–H groups in total. The Morgan fingerprint density at radius 2 is 1.83 bits per heavy atom. The topological polar surface area (TPSA) is 84.9 Å². The Morgan fingerprint density at radius 3 is 2.36 bits per heavy atom. The molecule has 1 heterocycles. The highest BCUT2D eigenvalue weighted by atomic mass is 35.5. The van der Waals surface area contributed by atoms with Crippen molar-refractivity contribution in [2.24, 2.45) is 0 Å². The number of hydrogen-bond donors (Lipinski definition) is 1. The highest BCUT2D eigenvalue weighted by Gasteiger charge is 2.69. The third-order valence-electron chi connectivity index (χ3n) is 5.60. The van der Waals surface area contributed by atoms with E-state index in [2.05, 4.69) is 4.72 Å². The highest BCUT2D eigenvalue weighted by molar-refractivity contribution is 7.84. The zero-order chi connectivity index (χ0) is 27.7. The molecular formula is C24H34ClF3N2O5S. The molecule has 3 atom stereocenters. The van der Waals surface area contributed by atoms with Gasteiger partial charge in [-0.15, -0.1) is 0 Å². The van der Waals surface area contributed by atoms with Crippen molar-refractivity contribution in [2.45, 2.75) is 89.2 Å². The fourth-order valence-corrected chi connectivity index (χ4v) is 5.06. The molecule has 204 valence electrons. The maximum absolute atomic E-state index is 16.0. The standard InChI is InChI=1S/C24H34ClF3N2O5S/c1-8-34-18(31)13-23(29-36(33)22(5,6)7)17(12-15-10-9-11-16(25)19(15)26)30(14-24(23,27)28)20(32)35-21(2,3)4/h9-11,17,29H,8,12-14H2,1-7H3. The van der Waals surface area contributed by atoms with Crippen LogP contribution in [0.3, 0.4) is 0 Å². The van der Waals surface area contributed by atoms with Crippen LogP contribution in [0.4, 0.5) is 18.0 Å². The molecule has 1 aliphatic heterocycles. The van der Waals surface area contributed by atoms with Gasteiger partial charge in [-0.3, -0.25) is 9.69 Å². The molecule has 0 radical (unpaired) electrons. The van der Waals surface area contributed by atoms with E-state index in [0.717, 1.165) is 4.90 Å². The molecule has 0 saturated carbocycles. The molecule has 36 heavy (non-hydrogen) atoms. The van der Waals surface area contributed by atoms with Crippen molar-refractivity contribution in [3.63, 3.8) is 0 Å². The number of carbonyl (C=O) groups is 2. The maximum atomic E-state index is 16.0. The second-order valence-corrected chi connectivity index (χ2v) is 13.1. The Labute approximate surface area is 217 Å². The van der Waals surface area contributed by atoms with Crippen LogP contribution in [0.5, 0.6) is 0 Å². The van der Waals surface area contributed by atoms with E-state index in [-0.39, 0.29) is 17.2 Å². The van der Waals surface area contributed by atoms with E-state index in [1.165, 1.54) is 25.1 Å². The largest absolute Gasteiger partial charge is 0.466 e. The fourth-order valence-electron chi connectivity index (χ4n) is 3.87. The minimum Gasteiger partial charge on any atom is -0.466 e. The summed E-state index contributed by atoms with van der Waals surface area (Å²) in [6.07, 6.45) is -2.47. The second-order valence-electron chi connectivity index (χ2n) is 10.7. The molecule has 7 nitrogen and oxygen atoms in total. The van der Waals surface area contributed by atoms with Crippen molar-refractivity contribution < 1.29 is 36.4 Å². The number of rotatable bonds is 7. The van der Waals surface area contributed by atoms with E-state index < -0.39 is 76.1 Å². The van der Waals surface area contributed by atoms with E-state index in [4.69, 9.17) is 21.1 Å². The van der Waals surface area contributed by atoms with Crippen LogP contribution in [-0.4, -0.2) is 62.2 Å². The van der Waals surface area contributed by atoms with Crippen molar-refractivity contribution in [3.8, 4) is 0 Å². The smallest absolute Gasteiger partial charge is 0.410 e. The first-order valence-corrected chi connectivity index (χ1v) is 13.0. The molecular weight excluding hydrogens is 521 g/mol. The van der Waals surface area contributed by atoms with Gasteiger partial charge in [0.2, 0.25) is 0 Å². The van der Waals surface area contributed by atoms with Gasteiger partial charge in [0, 0.05) is 0 Å². The Morgan fingerprint density at radius 1 is 1.22 bits per heavy atom.